The summed E-state index contributed by atoms with van der Waals surface area (Å²) in [6, 6.07) is 2.48. The normalized spacial score (nSPS) is 26.3. The highest BCUT2D eigenvalue weighted by Crippen LogP contribution is 2.46. The van der Waals surface area contributed by atoms with E-state index in [1.165, 1.54) is 37.7 Å². The molecule has 2 fully saturated rings. The van der Waals surface area contributed by atoms with Gasteiger partial charge in [-0.1, -0.05) is 19.8 Å². The number of halogens is 1. The summed E-state index contributed by atoms with van der Waals surface area (Å²) in [7, 11) is 0. The summed E-state index contributed by atoms with van der Waals surface area (Å²) in [6.07, 6.45) is 10.4. The maximum absolute atomic E-state index is 6.20. The van der Waals surface area contributed by atoms with Gasteiger partial charge in [0.15, 0.2) is 4.67 Å². The first-order chi connectivity index (χ1) is 10.2. The van der Waals surface area contributed by atoms with E-state index in [4.69, 9.17) is 9.15 Å². The van der Waals surface area contributed by atoms with E-state index in [-0.39, 0.29) is 5.60 Å². The SMILES string of the molecule is CCCNC(c1ccoc1Br)C1CCOC2(CCCC2)C1. The highest BCUT2D eigenvalue weighted by Gasteiger charge is 2.42. The summed E-state index contributed by atoms with van der Waals surface area (Å²) >= 11 is 3.56. The molecule has 21 heavy (non-hydrogen) atoms. The van der Waals surface area contributed by atoms with Crippen LogP contribution in [0.1, 0.15) is 63.5 Å². The van der Waals surface area contributed by atoms with Crippen molar-refractivity contribution in [1.82, 2.24) is 5.32 Å². The Balaban J connectivity index is 1.77. The van der Waals surface area contributed by atoms with Crippen LogP contribution >= 0.6 is 15.9 Å². The van der Waals surface area contributed by atoms with Crippen LogP contribution in [0.3, 0.4) is 0 Å². The van der Waals surface area contributed by atoms with E-state index in [2.05, 4.69) is 34.2 Å². The molecule has 4 heteroatoms. The molecule has 1 saturated heterocycles. The zero-order chi connectivity index (χ0) is 14.7. The van der Waals surface area contributed by atoms with Crippen molar-refractivity contribution in [2.45, 2.75) is 63.5 Å². The van der Waals surface area contributed by atoms with Crippen LogP contribution in [0.4, 0.5) is 0 Å². The lowest BCUT2D eigenvalue weighted by Gasteiger charge is -2.41. The molecule has 1 spiro atoms. The topological polar surface area (TPSA) is 34.4 Å². The van der Waals surface area contributed by atoms with Crippen LogP contribution < -0.4 is 5.32 Å². The standard InChI is InChI=1S/C17H26BrNO2/c1-2-9-19-15(14-6-10-20-16(14)18)13-5-11-21-17(12-13)7-3-4-8-17/h6,10,13,15,19H,2-5,7-9,11-12H2,1H3. The molecule has 2 unspecified atom stereocenters. The fourth-order valence-corrected chi connectivity index (χ4v) is 4.56. The molecular formula is C17H26BrNO2. The lowest BCUT2D eigenvalue weighted by molar-refractivity contribution is -0.0982. The van der Waals surface area contributed by atoms with Crippen molar-refractivity contribution >= 4 is 15.9 Å². The fourth-order valence-electron chi connectivity index (χ4n) is 4.07. The Morgan fingerprint density at radius 1 is 1.43 bits per heavy atom. The monoisotopic (exact) mass is 355 g/mol. The van der Waals surface area contributed by atoms with Crippen LogP contribution in [-0.2, 0) is 4.74 Å². The minimum Gasteiger partial charge on any atom is -0.457 e. The molecule has 1 saturated carbocycles. The van der Waals surface area contributed by atoms with E-state index in [9.17, 15) is 0 Å². The number of hydrogen-bond acceptors (Lipinski definition) is 3. The lowest BCUT2D eigenvalue weighted by atomic mass is 9.79. The molecule has 1 N–H and O–H groups in total. The summed E-state index contributed by atoms with van der Waals surface area (Å²) in [5, 5.41) is 3.74. The van der Waals surface area contributed by atoms with Crippen molar-refractivity contribution in [3.63, 3.8) is 0 Å². The molecule has 1 aromatic heterocycles. The fraction of sp³-hybridized carbons (Fsp3) is 0.765. The van der Waals surface area contributed by atoms with Crippen LogP contribution in [0.25, 0.3) is 0 Å². The van der Waals surface area contributed by atoms with Gasteiger partial charge in [-0.3, -0.25) is 0 Å². The Hall–Kier alpha value is -0.320. The van der Waals surface area contributed by atoms with Gasteiger partial charge in [0.1, 0.15) is 0 Å². The van der Waals surface area contributed by atoms with Crippen molar-refractivity contribution in [3.05, 3.63) is 22.6 Å². The van der Waals surface area contributed by atoms with Crippen LogP contribution in [-0.4, -0.2) is 18.8 Å². The molecule has 1 aliphatic heterocycles. The van der Waals surface area contributed by atoms with Crippen molar-refractivity contribution in [2.24, 2.45) is 5.92 Å². The molecule has 2 heterocycles. The van der Waals surface area contributed by atoms with Gasteiger partial charge in [-0.15, -0.1) is 0 Å². The number of hydrogen-bond donors (Lipinski definition) is 1. The summed E-state index contributed by atoms with van der Waals surface area (Å²) in [5.74, 6) is 0.636. The first kappa shape index (κ1) is 15.6. The van der Waals surface area contributed by atoms with Crippen molar-refractivity contribution < 1.29 is 9.15 Å². The van der Waals surface area contributed by atoms with Gasteiger partial charge < -0.3 is 14.5 Å². The second-order valence-corrected chi connectivity index (χ2v) is 7.29. The molecule has 2 aliphatic rings. The predicted molar refractivity (Wildman–Crippen MR) is 87.3 cm³/mol. The number of furan rings is 1. The summed E-state index contributed by atoms with van der Waals surface area (Å²) in [4.78, 5) is 0. The zero-order valence-electron chi connectivity index (χ0n) is 12.9. The second-order valence-electron chi connectivity index (χ2n) is 6.57. The van der Waals surface area contributed by atoms with E-state index in [0.29, 0.717) is 12.0 Å². The predicted octanol–water partition coefficient (Wildman–Crippen LogP) is 4.82. The number of nitrogens with one attached hydrogen (secondary N) is 1. The number of rotatable bonds is 5. The average molecular weight is 356 g/mol. The van der Waals surface area contributed by atoms with Gasteiger partial charge in [0, 0.05) is 18.2 Å². The van der Waals surface area contributed by atoms with E-state index in [1.807, 2.05) is 0 Å². The molecule has 0 radical (unpaired) electrons. The van der Waals surface area contributed by atoms with Crippen LogP contribution in [0.15, 0.2) is 21.4 Å². The quantitative estimate of drug-likeness (QED) is 0.821. The highest BCUT2D eigenvalue weighted by molar-refractivity contribution is 9.10. The van der Waals surface area contributed by atoms with Crippen LogP contribution in [0.5, 0.6) is 0 Å². The van der Waals surface area contributed by atoms with E-state index < -0.39 is 0 Å². The van der Waals surface area contributed by atoms with E-state index in [0.717, 1.165) is 30.7 Å². The largest absolute Gasteiger partial charge is 0.457 e. The van der Waals surface area contributed by atoms with Crippen molar-refractivity contribution in [1.29, 1.82) is 0 Å². The molecule has 1 aliphatic carbocycles. The van der Waals surface area contributed by atoms with Gasteiger partial charge in [0.25, 0.3) is 0 Å². The summed E-state index contributed by atoms with van der Waals surface area (Å²) in [5.41, 5.74) is 1.44. The molecule has 3 nitrogen and oxygen atoms in total. The van der Waals surface area contributed by atoms with Gasteiger partial charge in [-0.25, -0.2) is 0 Å². The number of ether oxygens (including phenoxy) is 1. The highest BCUT2D eigenvalue weighted by atomic mass is 79.9. The molecule has 3 rings (SSSR count). The van der Waals surface area contributed by atoms with Gasteiger partial charge in [-0.05, 0) is 66.6 Å². The Morgan fingerprint density at radius 2 is 2.24 bits per heavy atom. The molecule has 0 amide bonds. The van der Waals surface area contributed by atoms with Crippen molar-refractivity contribution in [3.8, 4) is 0 Å². The lowest BCUT2D eigenvalue weighted by Crippen LogP contribution is -2.42. The Labute approximate surface area is 135 Å². The molecular weight excluding hydrogens is 330 g/mol. The Morgan fingerprint density at radius 3 is 2.90 bits per heavy atom. The van der Waals surface area contributed by atoms with Crippen LogP contribution in [0.2, 0.25) is 0 Å². The first-order valence-electron chi connectivity index (χ1n) is 8.34. The third kappa shape index (κ3) is 3.38. The molecule has 2 atom stereocenters. The second kappa shape index (κ2) is 6.84. The van der Waals surface area contributed by atoms with Gasteiger partial charge in [0.05, 0.1) is 11.9 Å². The maximum Gasteiger partial charge on any atom is 0.173 e. The average Bonchev–Trinajstić information content (AvgIpc) is 3.10. The van der Waals surface area contributed by atoms with E-state index >= 15 is 0 Å². The third-order valence-electron chi connectivity index (χ3n) is 5.11. The summed E-state index contributed by atoms with van der Waals surface area (Å²) in [6.45, 7) is 4.17. The molecule has 0 aromatic carbocycles. The Bertz CT molecular complexity index is 453. The summed E-state index contributed by atoms with van der Waals surface area (Å²) < 4.78 is 12.6. The molecule has 0 bridgehead atoms. The smallest absolute Gasteiger partial charge is 0.173 e. The van der Waals surface area contributed by atoms with Crippen LogP contribution in [0, 0.1) is 5.92 Å². The third-order valence-corrected chi connectivity index (χ3v) is 5.76. The minimum atomic E-state index is 0.172. The van der Waals surface area contributed by atoms with Gasteiger partial charge in [-0.2, -0.15) is 0 Å². The first-order valence-corrected chi connectivity index (χ1v) is 9.14. The van der Waals surface area contributed by atoms with E-state index in [1.54, 1.807) is 6.26 Å². The minimum absolute atomic E-state index is 0.172. The molecule has 1 aromatic rings. The Kier molecular flexibility index (Phi) is 5.07. The van der Waals surface area contributed by atoms with Gasteiger partial charge >= 0.3 is 0 Å². The van der Waals surface area contributed by atoms with Crippen molar-refractivity contribution in [2.75, 3.05) is 13.2 Å². The maximum atomic E-state index is 6.20. The van der Waals surface area contributed by atoms with Gasteiger partial charge in [0.2, 0.25) is 0 Å². The zero-order valence-corrected chi connectivity index (χ0v) is 14.5. The molecule has 118 valence electrons.